The molecule has 2 amide bonds. The fraction of sp³-hybridized carbons (Fsp3) is 0.273. The number of aromatic nitrogens is 2. The molecular weight excluding hydrogens is 448 g/mol. The van der Waals surface area contributed by atoms with Crippen molar-refractivity contribution in [1.82, 2.24) is 15.1 Å². The summed E-state index contributed by atoms with van der Waals surface area (Å²) >= 11 is 3.38. The van der Waals surface area contributed by atoms with E-state index in [-0.39, 0.29) is 29.6 Å². The highest BCUT2D eigenvalue weighted by Crippen LogP contribution is 2.20. The second kappa shape index (κ2) is 9.21. The van der Waals surface area contributed by atoms with Gasteiger partial charge in [0, 0.05) is 22.1 Å². The Balaban J connectivity index is 1.80. The van der Waals surface area contributed by atoms with Crippen LogP contribution >= 0.6 is 15.9 Å². The van der Waals surface area contributed by atoms with Crippen LogP contribution in [0.15, 0.2) is 51.7 Å². The summed E-state index contributed by atoms with van der Waals surface area (Å²) in [5, 5.41) is 10.5. The lowest BCUT2D eigenvalue weighted by molar-refractivity contribution is -0.115. The van der Waals surface area contributed by atoms with Gasteiger partial charge in [-0.3, -0.25) is 14.4 Å². The van der Waals surface area contributed by atoms with Gasteiger partial charge in [0.1, 0.15) is 0 Å². The van der Waals surface area contributed by atoms with Gasteiger partial charge in [0.25, 0.3) is 11.5 Å². The Morgan fingerprint density at radius 1 is 1.13 bits per heavy atom. The lowest BCUT2D eigenvalue weighted by Gasteiger charge is -2.13. The Kier molecular flexibility index (Phi) is 6.66. The van der Waals surface area contributed by atoms with E-state index in [0.29, 0.717) is 23.0 Å². The Morgan fingerprint density at radius 2 is 1.83 bits per heavy atom. The van der Waals surface area contributed by atoms with E-state index < -0.39 is 5.91 Å². The molecule has 0 spiro atoms. The third kappa shape index (κ3) is 4.94. The van der Waals surface area contributed by atoms with Gasteiger partial charge in [-0.25, -0.2) is 4.68 Å². The molecule has 0 radical (unpaired) electrons. The number of rotatable bonds is 6. The SMILES string of the molecule is Cc1cc(Br)ccc1NC(=O)CNC(=O)c1nn(CC(C)C)c(=O)c2ccccc12. The molecule has 2 N–H and O–H groups in total. The van der Waals surface area contributed by atoms with Crippen LogP contribution in [0.3, 0.4) is 0 Å². The van der Waals surface area contributed by atoms with Crippen LogP contribution in [0.1, 0.15) is 29.9 Å². The minimum absolute atomic E-state index is 0.124. The number of carbonyl (C=O) groups excluding carboxylic acids is 2. The summed E-state index contributed by atoms with van der Waals surface area (Å²) in [7, 11) is 0. The fourth-order valence-electron chi connectivity index (χ4n) is 3.08. The van der Waals surface area contributed by atoms with E-state index in [1.807, 2.05) is 32.9 Å². The Morgan fingerprint density at radius 3 is 2.50 bits per heavy atom. The number of hydrogen-bond acceptors (Lipinski definition) is 4. The molecule has 0 saturated heterocycles. The molecule has 156 valence electrons. The molecule has 0 saturated carbocycles. The highest BCUT2D eigenvalue weighted by Gasteiger charge is 2.18. The molecular formula is C22H23BrN4O3. The normalized spacial score (nSPS) is 11.0. The van der Waals surface area contributed by atoms with Crippen molar-refractivity contribution < 1.29 is 9.59 Å². The van der Waals surface area contributed by atoms with Crippen LogP contribution in [0.4, 0.5) is 5.69 Å². The predicted octanol–water partition coefficient (Wildman–Crippen LogP) is 3.49. The smallest absolute Gasteiger partial charge is 0.274 e. The Hall–Kier alpha value is -3.00. The molecule has 2 aromatic carbocycles. The zero-order valence-electron chi connectivity index (χ0n) is 17.0. The second-order valence-electron chi connectivity index (χ2n) is 7.47. The van der Waals surface area contributed by atoms with Crippen LogP contribution in [-0.2, 0) is 11.3 Å². The molecule has 3 aromatic rings. The number of halogens is 1. The van der Waals surface area contributed by atoms with E-state index in [1.54, 1.807) is 30.3 Å². The monoisotopic (exact) mass is 470 g/mol. The van der Waals surface area contributed by atoms with Crippen molar-refractivity contribution >= 4 is 44.2 Å². The third-order valence-corrected chi connectivity index (χ3v) is 4.99. The van der Waals surface area contributed by atoms with Crippen molar-refractivity contribution in [3.05, 3.63) is 68.5 Å². The van der Waals surface area contributed by atoms with Gasteiger partial charge >= 0.3 is 0 Å². The summed E-state index contributed by atoms with van der Waals surface area (Å²) in [5.41, 5.74) is 1.46. The van der Waals surface area contributed by atoms with Crippen molar-refractivity contribution in [3.63, 3.8) is 0 Å². The van der Waals surface area contributed by atoms with Gasteiger partial charge in [-0.1, -0.05) is 48.0 Å². The standard InChI is InChI=1S/C22H23BrN4O3/c1-13(2)12-27-22(30)17-7-5-4-6-16(17)20(26-27)21(29)24-11-19(28)25-18-9-8-15(23)10-14(18)3/h4-10,13H,11-12H2,1-3H3,(H,24,29)(H,25,28). The van der Waals surface area contributed by atoms with Crippen LogP contribution in [0.2, 0.25) is 0 Å². The largest absolute Gasteiger partial charge is 0.342 e. The predicted molar refractivity (Wildman–Crippen MR) is 121 cm³/mol. The van der Waals surface area contributed by atoms with E-state index in [2.05, 4.69) is 31.7 Å². The van der Waals surface area contributed by atoms with E-state index in [4.69, 9.17) is 0 Å². The average Bonchev–Trinajstić information content (AvgIpc) is 2.70. The quantitative estimate of drug-likeness (QED) is 0.576. The number of carbonyl (C=O) groups is 2. The van der Waals surface area contributed by atoms with Crippen LogP contribution in [0.25, 0.3) is 10.8 Å². The van der Waals surface area contributed by atoms with Crippen molar-refractivity contribution in [2.24, 2.45) is 5.92 Å². The molecule has 0 atom stereocenters. The van der Waals surface area contributed by atoms with Gasteiger partial charge in [0.05, 0.1) is 11.9 Å². The minimum Gasteiger partial charge on any atom is -0.342 e. The third-order valence-electron chi connectivity index (χ3n) is 4.49. The number of benzene rings is 2. The highest BCUT2D eigenvalue weighted by atomic mass is 79.9. The number of nitrogens with one attached hydrogen (secondary N) is 2. The first kappa shape index (κ1) is 21.7. The van der Waals surface area contributed by atoms with Crippen LogP contribution in [0, 0.1) is 12.8 Å². The molecule has 1 heterocycles. The molecule has 7 nitrogen and oxygen atoms in total. The maximum atomic E-state index is 12.8. The van der Waals surface area contributed by atoms with E-state index in [0.717, 1.165) is 10.0 Å². The molecule has 0 unspecified atom stereocenters. The Bertz CT molecular complexity index is 1170. The van der Waals surface area contributed by atoms with E-state index in [9.17, 15) is 14.4 Å². The number of anilines is 1. The van der Waals surface area contributed by atoms with Crippen molar-refractivity contribution in [1.29, 1.82) is 0 Å². The zero-order chi connectivity index (χ0) is 21.8. The van der Waals surface area contributed by atoms with E-state index >= 15 is 0 Å². The summed E-state index contributed by atoms with van der Waals surface area (Å²) in [4.78, 5) is 37.8. The topological polar surface area (TPSA) is 93.1 Å². The summed E-state index contributed by atoms with van der Waals surface area (Å²) < 4.78 is 2.23. The van der Waals surface area contributed by atoms with Crippen LogP contribution in [-0.4, -0.2) is 28.1 Å². The van der Waals surface area contributed by atoms with Crippen molar-refractivity contribution in [2.75, 3.05) is 11.9 Å². The van der Waals surface area contributed by atoms with Gasteiger partial charge in [0.2, 0.25) is 5.91 Å². The number of aryl methyl sites for hydroxylation is 1. The minimum atomic E-state index is -0.508. The van der Waals surface area contributed by atoms with Gasteiger partial charge < -0.3 is 10.6 Å². The summed E-state index contributed by atoms with van der Waals surface area (Å²) in [6.07, 6.45) is 0. The number of fused-ring (bicyclic) bond motifs is 1. The van der Waals surface area contributed by atoms with Crippen molar-refractivity contribution in [3.8, 4) is 0 Å². The fourth-order valence-corrected chi connectivity index (χ4v) is 3.55. The summed E-state index contributed by atoms with van der Waals surface area (Å²) in [6, 6.07) is 12.4. The van der Waals surface area contributed by atoms with Gasteiger partial charge in [-0.05, 0) is 42.7 Å². The lowest BCUT2D eigenvalue weighted by atomic mass is 10.1. The van der Waals surface area contributed by atoms with Crippen LogP contribution in [0.5, 0.6) is 0 Å². The molecule has 0 aliphatic heterocycles. The highest BCUT2D eigenvalue weighted by molar-refractivity contribution is 9.10. The second-order valence-corrected chi connectivity index (χ2v) is 8.38. The zero-order valence-corrected chi connectivity index (χ0v) is 18.6. The number of nitrogens with zero attached hydrogens (tertiary/aromatic N) is 2. The molecule has 8 heteroatoms. The van der Waals surface area contributed by atoms with Crippen LogP contribution < -0.4 is 16.2 Å². The molecule has 3 rings (SSSR count). The molecule has 0 aliphatic carbocycles. The van der Waals surface area contributed by atoms with Gasteiger partial charge in [-0.15, -0.1) is 0 Å². The maximum Gasteiger partial charge on any atom is 0.274 e. The van der Waals surface area contributed by atoms with Gasteiger partial charge in [0.15, 0.2) is 5.69 Å². The number of hydrogen-bond donors (Lipinski definition) is 2. The summed E-state index contributed by atoms with van der Waals surface area (Å²) in [6.45, 7) is 6.00. The number of amides is 2. The first-order chi connectivity index (χ1) is 14.3. The first-order valence-electron chi connectivity index (χ1n) is 9.60. The van der Waals surface area contributed by atoms with E-state index in [1.165, 1.54) is 4.68 Å². The maximum absolute atomic E-state index is 12.8. The molecule has 0 aliphatic rings. The molecule has 30 heavy (non-hydrogen) atoms. The lowest BCUT2D eigenvalue weighted by Crippen LogP contribution is -2.35. The first-order valence-corrected chi connectivity index (χ1v) is 10.4. The Labute approximate surface area is 182 Å². The summed E-state index contributed by atoms with van der Waals surface area (Å²) in [5.74, 6) is -0.674. The molecule has 1 aromatic heterocycles. The molecule has 0 fully saturated rings. The van der Waals surface area contributed by atoms with Gasteiger partial charge in [-0.2, -0.15) is 5.10 Å². The molecule has 0 bridgehead atoms. The average molecular weight is 471 g/mol. The van der Waals surface area contributed by atoms with Crippen molar-refractivity contribution in [2.45, 2.75) is 27.3 Å².